The van der Waals surface area contributed by atoms with E-state index in [0.717, 1.165) is 0 Å². The molecule has 0 aromatic carbocycles. The molecule has 0 spiro atoms. The molecule has 0 atom stereocenters. The fourth-order valence-corrected chi connectivity index (χ4v) is 0. The van der Waals surface area contributed by atoms with Crippen molar-refractivity contribution < 1.29 is 76.9 Å². The molecule has 0 saturated heterocycles. The molecule has 0 saturated carbocycles. The van der Waals surface area contributed by atoms with Gasteiger partial charge in [-0.15, -0.1) is 0 Å². The predicted molar refractivity (Wildman–Crippen MR) is 36.4 cm³/mol. The second kappa shape index (κ2) is 11.1. The summed E-state index contributed by atoms with van der Waals surface area (Å²) in [6.45, 7) is 1.45. The third kappa shape index (κ3) is 32.1. The third-order valence-electron chi connectivity index (χ3n) is 0.412. The molecule has 0 aliphatic carbocycles. The van der Waals surface area contributed by atoms with E-state index in [0.29, 0.717) is 0 Å². The van der Waals surface area contributed by atoms with Crippen LogP contribution in [0.4, 0.5) is 0 Å². The fraction of sp³-hybridized carbons (Fsp3) is 1.00. The van der Waals surface area contributed by atoms with Gasteiger partial charge >= 0.3 is 59.0 Å². The van der Waals surface area contributed by atoms with Crippen LogP contribution in [0.3, 0.4) is 0 Å². The zero-order valence-electron chi connectivity index (χ0n) is 6.85. The normalized spacial score (nSPS) is 8.90. The van der Waals surface area contributed by atoms with E-state index in [2.05, 4.69) is 0 Å². The molecule has 0 aromatic heterocycles. The molecule has 0 amide bonds. The molecule has 5 nitrogen and oxygen atoms in total. The van der Waals surface area contributed by atoms with Gasteiger partial charge in [0.25, 0.3) is 0 Å². The summed E-state index contributed by atoms with van der Waals surface area (Å²) in [4.78, 5) is 30.2. The molecule has 0 fully saturated rings. The smallest absolute Gasteiger partial charge is 1.00 e. The minimum Gasteiger partial charge on any atom is -1.00 e. The summed E-state index contributed by atoms with van der Waals surface area (Å²) in [5, 5.41) is 0. The Balaban J connectivity index is -0.0000000437. The Kier molecular flexibility index (Phi) is 20.1. The van der Waals surface area contributed by atoms with E-state index in [9.17, 15) is 4.57 Å². The molecule has 60 valence electrons. The van der Waals surface area contributed by atoms with Crippen molar-refractivity contribution in [2.45, 2.75) is 6.92 Å². The van der Waals surface area contributed by atoms with Gasteiger partial charge in [-0.2, -0.15) is 0 Å². The maximum atomic E-state index is 9.69. The number of hydrogen-bond acceptors (Lipinski definition) is 3. The number of rotatable bonds is 1. The first kappa shape index (κ1) is 18.0. The molecular weight excluding hydrogens is 205 g/mol. The van der Waals surface area contributed by atoms with Crippen molar-refractivity contribution in [1.82, 2.24) is 0 Å². The fourth-order valence-electron chi connectivity index (χ4n) is 0. The van der Waals surface area contributed by atoms with Crippen LogP contribution in [0.15, 0.2) is 0 Å². The molecule has 0 bridgehead atoms. The average Bonchev–Trinajstić information content (AvgIpc) is 1.67. The van der Waals surface area contributed by atoms with E-state index >= 15 is 0 Å². The molecule has 0 rings (SSSR count). The van der Waals surface area contributed by atoms with Gasteiger partial charge in [0, 0.05) is 6.16 Å². The summed E-state index contributed by atoms with van der Waals surface area (Å²) < 4.78 is 9.69. The van der Waals surface area contributed by atoms with Gasteiger partial charge in [0.1, 0.15) is 9.03 Å². The van der Waals surface area contributed by atoms with Gasteiger partial charge in [0.05, 0.1) is 0 Å². The van der Waals surface area contributed by atoms with E-state index in [1.54, 1.807) is 0 Å². The minimum absolute atomic E-state index is 0. The molecule has 4 N–H and O–H groups in total. The van der Waals surface area contributed by atoms with Gasteiger partial charge in [-0.25, -0.2) is 0 Å². The molecule has 0 aliphatic rings. The Morgan fingerprint density at radius 1 is 1.50 bits per heavy atom. The molecular formula is C2H11KO5P2. The van der Waals surface area contributed by atoms with Gasteiger partial charge < -0.3 is 21.0 Å². The summed E-state index contributed by atoms with van der Waals surface area (Å²) in [5.41, 5.74) is 0. The zero-order chi connectivity index (χ0) is 7.91. The molecule has 0 radical (unpaired) electrons. The van der Waals surface area contributed by atoms with Crippen LogP contribution in [-0.2, 0) is 4.57 Å². The molecule has 0 aliphatic heterocycles. The van der Waals surface area contributed by atoms with Crippen molar-refractivity contribution in [3.05, 3.63) is 0 Å². The van der Waals surface area contributed by atoms with Gasteiger partial charge in [-0.05, 0) is 0 Å². The van der Waals surface area contributed by atoms with E-state index < -0.39 is 16.6 Å². The Bertz CT molecular complexity index is 96.5. The topological polar surface area (TPSA) is 98.0 Å². The average molecular weight is 216 g/mol. The second-order valence-corrected chi connectivity index (χ2v) is 3.24. The summed E-state index contributed by atoms with van der Waals surface area (Å²) in [7, 11) is -4.56. The summed E-state index contributed by atoms with van der Waals surface area (Å²) in [5.74, 6) is 0. The van der Waals surface area contributed by atoms with Crippen molar-refractivity contribution in [2.75, 3.05) is 6.16 Å². The molecule has 0 heterocycles. The largest absolute Gasteiger partial charge is 1.00 e. The van der Waals surface area contributed by atoms with Crippen LogP contribution >= 0.6 is 16.6 Å². The van der Waals surface area contributed by atoms with Crippen LogP contribution in [0.25, 0.3) is 0 Å². The van der Waals surface area contributed by atoms with Crippen LogP contribution in [-0.4, -0.2) is 25.7 Å². The van der Waals surface area contributed by atoms with Gasteiger partial charge in [0.15, 0.2) is 0 Å². The minimum atomic E-state index is -3.65. The van der Waals surface area contributed by atoms with Crippen LogP contribution < -0.4 is 51.4 Å². The van der Waals surface area contributed by atoms with E-state index in [1.807, 2.05) is 0 Å². The monoisotopic (exact) mass is 216 g/mol. The quantitative estimate of drug-likeness (QED) is 0.273. The van der Waals surface area contributed by atoms with Gasteiger partial charge in [-0.1, -0.05) is 6.92 Å². The number of hydrogen-bond donors (Lipinski definition) is 4. The van der Waals surface area contributed by atoms with Crippen molar-refractivity contribution in [3.8, 4) is 0 Å². The molecule has 8 heteroatoms. The maximum absolute atomic E-state index is 9.69. The summed E-state index contributed by atoms with van der Waals surface area (Å²) >= 11 is 0. The molecule has 0 unspecified atom stereocenters. The maximum Gasteiger partial charge on any atom is 1.00 e. The summed E-state index contributed by atoms with van der Waals surface area (Å²) in [6.07, 6.45) is -0.0625. The van der Waals surface area contributed by atoms with Crippen LogP contribution in [0, 0.1) is 0 Å². The van der Waals surface area contributed by atoms with E-state index in [4.69, 9.17) is 19.6 Å². The Labute approximate surface area is 105 Å². The SMILES string of the molecule is CCP(=O)(O)O.OPO.[H-].[K+]. The first-order valence-corrected chi connectivity index (χ1v) is 4.75. The van der Waals surface area contributed by atoms with E-state index in [-0.39, 0.29) is 59.0 Å². The van der Waals surface area contributed by atoms with Gasteiger partial charge in [-0.3, -0.25) is 4.57 Å². The standard InChI is InChI=1S/C2H7O3P.K.H3O2P.H/c1-2-6(3,4)5;;1-3-2;/h2H2,1H3,(H2,3,4,5);;1-3H;/q;+1;;-1. The first-order valence-electron chi connectivity index (χ1n) is 2.05. The van der Waals surface area contributed by atoms with Gasteiger partial charge in [0.2, 0.25) is 0 Å². The predicted octanol–water partition coefficient (Wildman–Crippen LogP) is -3.22. The summed E-state index contributed by atoms with van der Waals surface area (Å²) in [6, 6.07) is 0. The third-order valence-corrected chi connectivity index (χ3v) is 1.24. The van der Waals surface area contributed by atoms with Crippen LogP contribution in [0.1, 0.15) is 8.35 Å². The van der Waals surface area contributed by atoms with Crippen molar-refractivity contribution in [2.24, 2.45) is 0 Å². The van der Waals surface area contributed by atoms with Crippen molar-refractivity contribution in [3.63, 3.8) is 0 Å². The van der Waals surface area contributed by atoms with Crippen molar-refractivity contribution in [1.29, 1.82) is 0 Å². The van der Waals surface area contributed by atoms with Crippen molar-refractivity contribution >= 4 is 16.6 Å². The van der Waals surface area contributed by atoms with Crippen LogP contribution in [0.2, 0.25) is 0 Å². The zero-order valence-corrected chi connectivity index (χ0v) is 10.9. The Hall–Kier alpha value is 2.14. The Morgan fingerprint density at radius 2 is 1.60 bits per heavy atom. The van der Waals surface area contributed by atoms with Crippen LogP contribution in [0.5, 0.6) is 0 Å². The first-order chi connectivity index (χ1) is 3.97. The molecule has 10 heavy (non-hydrogen) atoms. The van der Waals surface area contributed by atoms with E-state index in [1.165, 1.54) is 6.92 Å². The second-order valence-electron chi connectivity index (χ2n) is 1.08. The Morgan fingerprint density at radius 3 is 1.60 bits per heavy atom. The molecule has 0 aromatic rings.